The average Bonchev–Trinajstić information content (AvgIpc) is 3.16. The van der Waals surface area contributed by atoms with Gasteiger partial charge in [0, 0.05) is 30.9 Å². The van der Waals surface area contributed by atoms with Gasteiger partial charge < -0.3 is 5.32 Å². The van der Waals surface area contributed by atoms with Crippen LogP contribution in [0.1, 0.15) is 24.1 Å². The predicted octanol–water partition coefficient (Wildman–Crippen LogP) is 3.16. The molecule has 0 saturated carbocycles. The molecule has 0 aliphatic carbocycles. The molecule has 0 aliphatic heterocycles. The van der Waals surface area contributed by atoms with Crippen LogP contribution >= 0.6 is 0 Å². The smallest absolute Gasteiger partial charge is 0.244 e. The lowest BCUT2D eigenvalue weighted by Gasteiger charge is -2.14. The van der Waals surface area contributed by atoms with Gasteiger partial charge in [0.05, 0.1) is 11.7 Å². The molecule has 2 heterocycles. The summed E-state index contributed by atoms with van der Waals surface area (Å²) in [6.07, 6.45) is 10.3. The van der Waals surface area contributed by atoms with E-state index in [2.05, 4.69) is 15.4 Å². The Balaban J connectivity index is 1.66. The van der Waals surface area contributed by atoms with Gasteiger partial charge in [-0.3, -0.25) is 9.78 Å². The normalized spacial score (nSPS) is 12.2. The number of nitrogens with zero attached hydrogens (tertiary/aromatic N) is 3. The highest BCUT2D eigenvalue weighted by molar-refractivity contribution is 5.91. The minimum absolute atomic E-state index is 0.105. The maximum Gasteiger partial charge on any atom is 0.244 e. The van der Waals surface area contributed by atoms with E-state index in [-0.39, 0.29) is 11.9 Å². The van der Waals surface area contributed by atoms with Crippen molar-refractivity contribution in [3.8, 4) is 5.69 Å². The lowest BCUT2D eigenvalue weighted by molar-refractivity contribution is -0.117. The lowest BCUT2D eigenvalue weighted by Crippen LogP contribution is -2.24. The molecule has 0 aliphatic rings. The van der Waals surface area contributed by atoms with E-state index in [1.165, 1.54) is 6.08 Å². The number of amides is 1. The van der Waals surface area contributed by atoms with Gasteiger partial charge in [-0.25, -0.2) is 4.68 Å². The van der Waals surface area contributed by atoms with Crippen molar-refractivity contribution in [3.63, 3.8) is 0 Å². The number of benzene rings is 1. The third-order valence-electron chi connectivity index (χ3n) is 3.61. The molecule has 0 spiro atoms. The summed E-state index contributed by atoms with van der Waals surface area (Å²) in [5.74, 6) is -0.143. The number of nitrogens with one attached hydrogen (secondary N) is 1. The van der Waals surface area contributed by atoms with E-state index in [0.29, 0.717) is 0 Å². The molecule has 3 aromatic rings. The van der Waals surface area contributed by atoms with Crippen molar-refractivity contribution in [2.45, 2.75) is 13.0 Å². The maximum absolute atomic E-state index is 12.1. The third kappa shape index (κ3) is 3.95. The second kappa shape index (κ2) is 7.37. The Morgan fingerprint density at radius 2 is 2.12 bits per heavy atom. The number of rotatable bonds is 5. The van der Waals surface area contributed by atoms with Crippen LogP contribution in [0.5, 0.6) is 0 Å². The van der Waals surface area contributed by atoms with E-state index in [9.17, 15) is 4.79 Å². The van der Waals surface area contributed by atoms with Gasteiger partial charge in [0.15, 0.2) is 0 Å². The second-order valence-corrected chi connectivity index (χ2v) is 5.40. The first-order chi connectivity index (χ1) is 11.7. The van der Waals surface area contributed by atoms with Gasteiger partial charge in [-0.05, 0) is 48.4 Å². The van der Waals surface area contributed by atoms with Crippen molar-refractivity contribution in [1.29, 1.82) is 0 Å². The van der Waals surface area contributed by atoms with Gasteiger partial charge in [-0.15, -0.1) is 0 Å². The summed E-state index contributed by atoms with van der Waals surface area (Å²) in [4.78, 5) is 16.1. The molecule has 0 saturated heterocycles. The zero-order chi connectivity index (χ0) is 16.8. The number of carbonyl (C=O) groups is 1. The molecular formula is C19H18N4O. The minimum atomic E-state index is -0.143. The van der Waals surface area contributed by atoms with Crippen molar-refractivity contribution in [2.75, 3.05) is 0 Å². The van der Waals surface area contributed by atoms with Crippen LogP contribution in [0.15, 0.2) is 73.3 Å². The SMILES string of the molecule is CC(NC(=O)/C=C/c1cccnc1)c1cccc(-n2cccn2)c1. The summed E-state index contributed by atoms with van der Waals surface area (Å²) in [6.45, 7) is 1.96. The van der Waals surface area contributed by atoms with Gasteiger partial charge in [-0.1, -0.05) is 18.2 Å². The molecule has 5 heteroatoms. The predicted molar refractivity (Wildman–Crippen MR) is 93.4 cm³/mol. The number of hydrogen-bond donors (Lipinski definition) is 1. The fourth-order valence-electron chi connectivity index (χ4n) is 2.35. The van der Waals surface area contributed by atoms with Crippen LogP contribution < -0.4 is 5.32 Å². The summed E-state index contributed by atoms with van der Waals surface area (Å²) in [5, 5.41) is 7.19. The van der Waals surface area contributed by atoms with Gasteiger partial charge in [0.1, 0.15) is 0 Å². The molecule has 1 aromatic carbocycles. The van der Waals surface area contributed by atoms with Crippen LogP contribution in [0.25, 0.3) is 11.8 Å². The van der Waals surface area contributed by atoms with E-state index in [1.54, 1.807) is 29.3 Å². The molecule has 0 bridgehead atoms. The van der Waals surface area contributed by atoms with E-state index in [1.807, 2.05) is 55.6 Å². The van der Waals surface area contributed by atoms with Gasteiger partial charge in [0.25, 0.3) is 0 Å². The molecule has 3 rings (SSSR count). The van der Waals surface area contributed by atoms with Crippen LogP contribution in [-0.2, 0) is 4.79 Å². The first kappa shape index (κ1) is 15.7. The van der Waals surface area contributed by atoms with Crippen molar-refractivity contribution in [3.05, 3.63) is 84.5 Å². The molecule has 120 valence electrons. The summed E-state index contributed by atoms with van der Waals surface area (Å²) in [6, 6.07) is 13.4. The molecule has 0 fully saturated rings. The fourth-order valence-corrected chi connectivity index (χ4v) is 2.35. The highest BCUT2D eigenvalue weighted by atomic mass is 16.1. The molecule has 1 amide bonds. The van der Waals surface area contributed by atoms with Crippen LogP contribution in [0.2, 0.25) is 0 Å². The molecule has 0 radical (unpaired) electrons. The number of pyridine rings is 1. The van der Waals surface area contributed by atoms with Crippen molar-refractivity contribution in [1.82, 2.24) is 20.1 Å². The molecule has 1 atom stereocenters. The van der Waals surface area contributed by atoms with Gasteiger partial charge in [-0.2, -0.15) is 5.10 Å². The van der Waals surface area contributed by atoms with E-state index in [4.69, 9.17) is 0 Å². The number of hydrogen-bond acceptors (Lipinski definition) is 3. The molecule has 1 N–H and O–H groups in total. The first-order valence-electron chi connectivity index (χ1n) is 7.71. The van der Waals surface area contributed by atoms with Crippen LogP contribution in [0.4, 0.5) is 0 Å². The summed E-state index contributed by atoms with van der Waals surface area (Å²) < 4.78 is 1.79. The van der Waals surface area contributed by atoms with Gasteiger partial charge in [0.2, 0.25) is 5.91 Å². The minimum Gasteiger partial charge on any atom is -0.346 e. The number of aromatic nitrogens is 3. The zero-order valence-electron chi connectivity index (χ0n) is 13.3. The largest absolute Gasteiger partial charge is 0.346 e. The molecule has 5 nitrogen and oxygen atoms in total. The topological polar surface area (TPSA) is 59.8 Å². The van der Waals surface area contributed by atoms with Crippen LogP contribution in [0.3, 0.4) is 0 Å². The summed E-state index contributed by atoms with van der Waals surface area (Å²) in [5.41, 5.74) is 2.87. The maximum atomic E-state index is 12.1. The van der Waals surface area contributed by atoms with E-state index < -0.39 is 0 Å². The van der Waals surface area contributed by atoms with Crippen LogP contribution in [-0.4, -0.2) is 20.7 Å². The Kier molecular flexibility index (Phi) is 4.81. The Morgan fingerprint density at radius 1 is 1.21 bits per heavy atom. The number of carbonyl (C=O) groups excluding carboxylic acids is 1. The quantitative estimate of drug-likeness (QED) is 0.735. The molecular weight excluding hydrogens is 300 g/mol. The molecule has 24 heavy (non-hydrogen) atoms. The molecule has 1 unspecified atom stereocenters. The Labute approximate surface area is 140 Å². The highest BCUT2D eigenvalue weighted by Crippen LogP contribution is 2.16. The third-order valence-corrected chi connectivity index (χ3v) is 3.61. The average molecular weight is 318 g/mol. The fraction of sp³-hybridized carbons (Fsp3) is 0.105. The Morgan fingerprint density at radius 3 is 2.88 bits per heavy atom. The van der Waals surface area contributed by atoms with Crippen molar-refractivity contribution < 1.29 is 4.79 Å². The van der Waals surface area contributed by atoms with Crippen molar-refractivity contribution in [2.24, 2.45) is 0 Å². The van der Waals surface area contributed by atoms with E-state index >= 15 is 0 Å². The highest BCUT2D eigenvalue weighted by Gasteiger charge is 2.08. The van der Waals surface area contributed by atoms with E-state index in [0.717, 1.165) is 16.8 Å². The molecule has 2 aromatic heterocycles. The monoisotopic (exact) mass is 318 g/mol. The second-order valence-electron chi connectivity index (χ2n) is 5.40. The summed E-state index contributed by atoms with van der Waals surface area (Å²) >= 11 is 0. The lowest BCUT2D eigenvalue weighted by atomic mass is 10.1. The Bertz CT molecular complexity index is 826. The first-order valence-corrected chi connectivity index (χ1v) is 7.71. The Hall–Kier alpha value is -3.21. The standard InChI is InChI=1S/C19H18N4O/c1-15(22-19(24)9-8-16-5-3-10-20-14-16)17-6-2-7-18(13-17)23-12-4-11-21-23/h2-15H,1H3,(H,22,24)/b9-8+. The van der Waals surface area contributed by atoms with Crippen molar-refractivity contribution >= 4 is 12.0 Å². The zero-order valence-corrected chi connectivity index (χ0v) is 13.3. The summed E-state index contributed by atoms with van der Waals surface area (Å²) in [7, 11) is 0. The van der Waals surface area contributed by atoms with Crippen LogP contribution in [0, 0.1) is 0 Å². The van der Waals surface area contributed by atoms with Gasteiger partial charge >= 0.3 is 0 Å².